The molecule has 5 rings (SSSR count). The van der Waals surface area contributed by atoms with Crippen LogP contribution in [0.1, 0.15) is 51.3 Å². The first kappa shape index (κ1) is 22.5. The van der Waals surface area contributed by atoms with Gasteiger partial charge < -0.3 is 10.0 Å². The molecule has 4 aromatic rings. The molecule has 2 heterocycles. The average molecular weight is 492 g/mol. The number of aromatic nitrogens is 2. The summed E-state index contributed by atoms with van der Waals surface area (Å²) in [4.78, 5) is 15.4. The van der Waals surface area contributed by atoms with E-state index in [0.29, 0.717) is 33.5 Å². The lowest BCUT2D eigenvalue weighted by atomic mass is 9.94. The maximum absolute atomic E-state index is 13.6. The van der Waals surface area contributed by atoms with Crippen molar-refractivity contribution in [1.82, 2.24) is 15.1 Å². The number of H-pyrrole nitrogens is 1. The highest BCUT2D eigenvalue weighted by Crippen LogP contribution is 2.46. The van der Waals surface area contributed by atoms with Crippen molar-refractivity contribution in [3.8, 4) is 17.0 Å². The van der Waals surface area contributed by atoms with Gasteiger partial charge in [0.05, 0.1) is 6.04 Å². The van der Waals surface area contributed by atoms with Crippen molar-refractivity contribution in [1.29, 1.82) is 0 Å². The number of amides is 1. The first-order valence-electron chi connectivity index (χ1n) is 11.1. The van der Waals surface area contributed by atoms with Crippen LogP contribution in [0.5, 0.6) is 5.75 Å². The van der Waals surface area contributed by atoms with Crippen molar-refractivity contribution in [3.63, 3.8) is 0 Å². The molecule has 0 saturated carbocycles. The van der Waals surface area contributed by atoms with Crippen LogP contribution in [0.2, 0.25) is 10.0 Å². The number of phenols is 1. The Kier molecular flexibility index (Phi) is 5.84. The van der Waals surface area contributed by atoms with Gasteiger partial charge in [-0.25, -0.2) is 0 Å². The Morgan fingerprint density at radius 2 is 1.79 bits per heavy atom. The number of fused-ring (bicyclic) bond motifs is 1. The van der Waals surface area contributed by atoms with Crippen molar-refractivity contribution in [2.75, 3.05) is 0 Å². The van der Waals surface area contributed by atoms with E-state index in [1.165, 1.54) is 5.56 Å². The molecule has 5 nitrogen and oxygen atoms in total. The minimum absolute atomic E-state index is 0.0632. The molecule has 2 N–H and O–H groups in total. The van der Waals surface area contributed by atoms with Gasteiger partial charge in [0.2, 0.25) is 0 Å². The Labute approximate surface area is 208 Å². The fourth-order valence-corrected chi connectivity index (χ4v) is 4.87. The predicted octanol–water partition coefficient (Wildman–Crippen LogP) is 6.71. The number of rotatable bonds is 5. The van der Waals surface area contributed by atoms with Gasteiger partial charge >= 0.3 is 0 Å². The van der Waals surface area contributed by atoms with Crippen LogP contribution in [-0.4, -0.2) is 26.1 Å². The molecule has 7 heteroatoms. The van der Waals surface area contributed by atoms with Gasteiger partial charge in [0.1, 0.15) is 17.1 Å². The van der Waals surface area contributed by atoms with Crippen LogP contribution >= 0.6 is 23.2 Å². The summed E-state index contributed by atoms with van der Waals surface area (Å²) in [5.74, 6) is -0.107. The molecule has 0 fully saturated rings. The van der Waals surface area contributed by atoms with Crippen molar-refractivity contribution in [2.45, 2.75) is 32.9 Å². The molecular weight excluding hydrogens is 469 g/mol. The third-order valence-electron chi connectivity index (χ3n) is 6.40. The summed E-state index contributed by atoms with van der Waals surface area (Å²) < 4.78 is 0. The SMILES string of the molecule is CCc1ccc(C2c3c(-c4cc(Cl)c(C)cc4O)n[nH]c3C(=O)N2Cc2ccccc2Cl)cc1. The Balaban J connectivity index is 1.68. The van der Waals surface area contributed by atoms with Gasteiger partial charge in [0, 0.05) is 27.7 Å². The number of aryl methyl sites for hydroxylation is 2. The van der Waals surface area contributed by atoms with Gasteiger partial charge in [0.15, 0.2) is 0 Å². The number of aromatic hydroxyl groups is 1. The fourth-order valence-electron chi connectivity index (χ4n) is 4.51. The third-order valence-corrected chi connectivity index (χ3v) is 7.17. The molecule has 1 aliphatic heterocycles. The normalized spacial score (nSPS) is 15.1. The van der Waals surface area contributed by atoms with Gasteiger partial charge in [-0.15, -0.1) is 0 Å². The van der Waals surface area contributed by atoms with Crippen LogP contribution in [0.25, 0.3) is 11.3 Å². The van der Waals surface area contributed by atoms with Gasteiger partial charge in [0.25, 0.3) is 5.91 Å². The second-order valence-electron chi connectivity index (χ2n) is 8.50. The molecule has 1 aromatic heterocycles. The van der Waals surface area contributed by atoms with E-state index >= 15 is 0 Å². The summed E-state index contributed by atoms with van der Waals surface area (Å²) in [5.41, 5.74) is 5.90. The zero-order valence-corrected chi connectivity index (χ0v) is 20.3. The number of hydrogen-bond acceptors (Lipinski definition) is 3. The number of carbonyl (C=O) groups excluding carboxylic acids is 1. The van der Waals surface area contributed by atoms with Crippen LogP contribution < -0.4 is 0 Å². The Hall–Kier alpha value is -3.28. The van der Waals surface area contributed by atoms with E-state index in [2.05, 4.69) is 29.3 Å². The lowest BCUT2D eigenvalue weighted by Crippen LogP contribution is -2.29. The molecule has 1 atom stereocenters. The van der Waals surface area contributed by atoms with Gasteiger partial charge in [-0.1, -0.05) is 72.6 Å². The highest BCUT2D eigenvalue weighted by Gasteiger charge is 2.42. The molecule has 1 aliphatic rings. The lowest BCUT2D eigenvalue weighted by Gasteiger charge is -2.27. The Bertz CT molecular complexity index is 1400. The molecule has 0 saturated heterocycles. The largest absolute Gasteiger partial charge is 0.507 e. The second-order valence-corrected chi connectivity index (χ2v) is 9.32. The number of halogens is 2. The monoisotopic (exact) mass is 491 g/mol. The molecule has 3 aromatic carbocycles. The maximum atomic E-state index is 13.6. The van der Waals surface area contributed by atoms with Crippen molar-refractivity contribution in [2.24, 2.45) is 0 Å². The average Bonchev–Trinajstić information content (AvgIpc) is 3.37. The van der Waals surface area contributed by atoms with Crippen molar-refractivity contribution >= 4 is 29.1 Å². The molecule has 0 aliphatic carbocycles. The maximum Gasteiger partial charge on any atom is 0.273 e. The summed E-state index contributed by atoms with van der Waals surface area (Å²) in [5, 5.41) is 19.2. The van der Waals surface area contributed by atoms with E-state index in [0.717, 1.165) is 28.7 Å². The minimum atomic E-state index is -0.405. The molecule has 0 bridgehead atoms. The van der Waals surface area contributed by atoms with E-state index < -0.39 is 6.04 Å². The molecular formula is C27H23Cl2N3O2. The van der Waals surface area contributed by atoms with Gasteiger partial charge in [-0.3, -0.25) is 9.89 Å². The summed E-state index contributed by atoms with van der Waals surface area (Å²) in [6.07, 6.45) is 0.922. The molecule has 0 radical (unpaired) electrons. The summed E-state index contributed by atoms with van der Waals surface area (Å²) in [6.45, 7) is 4.27. The predicted molar refractivity (Wildman–Crippen MR) is 134 cm³/mol. The Morgan fingerprint density at radius 1 is 1.06 bits per heavy atom. The zero-order valence-electron chi connectivity index (χ0n) is 18.8. The van der Waals surface area contributed by atoms with Gasteiger partial charge in [-0.05, 0) is 53.8 Å². The van der Waals surface area contributed by atoms with E-state index in [4.69, 9.17) is 23.2 Å². The number of nitrogens with one attached hydrogen (secondary N) is 1. The van der Waals surface area contributed by atoms with Crippen LogP contribution in [-0.2, 0) is 13.0 Å². The third kappa shape index (κ3) is 3.75. The summed E-state index contributed by atoms with van der Waals surface area (Å²) >= 11 is 12.8. The zero-order chi connectivity index (χ0) is 24.0. The van der Waals surface area contributed by atoms with Crippen LogP contribution in [0.4, 0.5) is 0 Å². The molecule has 172 valence electrons. The Morgan fingerprint density at radius 3 is 2.50 bits per heavy atom. The summed E-state index contributed by atoms with van der Waals surface area (Å²) in [6, 6.07) is 18.7. The summed E-state index contributed by atoms with van der Waals surface area (Å²) in [7, 11) is 0. The molecule has 34 heavy (non-hydrogen) atoms. The van der Waals surface area contributed by atoms with E-state index in [9.17, 15) is 9.90 Å². The fraction of sp³-hybridized carbons (Fsp3) is 0.185. The number of aromatic amines is 1. The van der Waals surface area contributed by atoms with E-state index in [1.807, 2.05) is 43.3 Å². The number of carbonyl (C=O) groups is 1. The van der Waals surface area contributed by atoms with E-state index in [1.54, 1.807) is 17.0 Å². The lowest BCUT2D eigenvalue weighted by molar-refractivity contribution is 0.0730. The molecule has 1 amide bonds. The van der Waals surface area contributed by atoms with Crippen LogP contribution in [0.15, 0.2) is 60.7 Å². The highest BCUT2D eigenvalue weighted by molar-refractivity contribution is 6.32. The van der Waals surface area contributed by atoms with Crippen LogP contribution in [0.3, 0.4) is 0 Å². The number of phenolic OH excluding ortho intramolecular Hbond substituents is 1. The van der Waals surface area contributed by atoms with E-state index in [-0.39, 0.29) is 11.7 Å². The first-order valence-corrected chi connectivity index (χ1v) is 11.9. The van der Waals surface area contributed by atoms with Gasteiger partial charge in [-0.2, -0.15) is 5.10 Å². The molecule has 1 unspecified atom stereocenters. The van der Waals surface area contributed by atoms with Crippen LogP contribution in [0, 0.1) is 6.92 Å². The second kappa shape index (κ2) is 8.82. The number of hydrogen-bond donors (Lipinski definition) is 2. The minimum Gasteiger partial charge on any atom is -0.507 e. The van der Waals surface area contributed by atoms with Crippen molar-refractivity contribution < 1.29 is 9.90 Å². The quantitative estimate of drug-likeness (QED) is 0.326. The van der Waals surface area contributed by atoms with Crippen molar-refractivity contribution in [3.05, 3.63) is 104 Å². The first-order chi connectivity index (χ1) is 16.4. The standard InChI is InChI=1S/C27H23Cl2N3O2/c1-3-16-8-10-17(11-9-16)26-23-24(19-13-21(29)15(2)12-22(19)33)30-31-25(23)27(34)32(26)14-18-6-4-5-7-20(18)28/h4-13,26,33H,3,14H2,1-2H3,(H,30,31). The topological polar surface area (TPSA) is 69.2 Å². The smallest absolute Gasteiger partial charge is 0.273 e. The highest BCUT2D eigenvalue weighted by atomic mass is 35.5. The number of benzene rings is 3. The molecule has 0 spiro atoms. The number of nitrogens with zero attached hydrogens (tertiary/aromatic N) is 2.